The van der Waals surface area contributed by atoms with Crippen LogP contribution in [-0.2, 0) is 9.80 Å². The Bertz CT molecular complexity index is 155. The monoisotopic (exact) mass is 120 g/mol. The van der Waals surface area contributed by atoms with Crippen LogP contribution in [0.15, 0.2) is 12.7 Å². The van der Waals surface area contributed by atoms with Crippen LogP contribution in [0.1, 0.15) is 0 Å². The average molecular weight is 120 g/mol. The van der Waals surface area contributed by atoms with E-state index in [9.17, 15) is 4.21 Å². The van der Waals surface area contributed by atoms with Gasteiger partial charge in [0.15, 0.2) is 0 Å². The maximum Gasteiger partial charge on any atom is 0.0785 e. The Morgan fingerprint density at radius 3 is 2.29 bits per heavy atom. The predicted molar refractivity (Wildman–Crippen MR) is 33.0 cm³/mol. The molecule has 0 aliphatic carbocycles. The summed E-state index contributed by atoms with van der Waals surface area (Å²) >= 11 is 0. The SMILES string of the molecule is C=CC=S(C)(=O)O. The van der Waals surface area contributed by atoms with Crippen LogP contribution < -0.4 is 0 Å². The highest BCUT2D eigenvalue weighted by molar-refractivity contribution is 7.95. The first-order valence-corrected chi connectivity index (χ1v) is 3.72. The van der Waals surface area contributed by atoms with E-state index in [-0.39, 0.29) is 0 Å². The highest BCUT2D eigenvalue weighted by atomic mass is 32.2. The predicted octanol–water partition coefficient (Wildman–Crippen LogP) is 0.362. The lowest BCUT2D eigenvalue weighted by Gasteiger charge is -1.84. The third kappa shape index (κ3) is 5.72. The van der Waals surface area contributed by atoms with E-state index in [0.29, 0.717) is 0 Å². The van der Waals surface area contributed by atoms with Crippen molar-refractivity contribution in [2.45, 2.75) is 0 Å². The molecular weight excluding hydrogens is 112 g/mol. The minimum absolute atomic E-state index is 1.16. The van der Waals surface area contributed by atoms with Crippen molar-refractivity contribution in [3.8, 4) is 0 Å². The maximum atomic E-state index is 10.2. The van der Waals surface area contributed by atoms with Crippen molar-refractivity contribution in [2.75, 3.05) is 6.26 Å². The van der Waals surface area contributed by atoms with E-state index in [4.69, 9.17) is 4.55 Å². The zero-order valence-electron chi connectivity index (χ0n) is 4.13. The molecule has 0 saturated carbocycles. The summed E-state index contributed by atoms with van der Waals surface area (Å²) in [5.74, 6) is 0. The first-order valence-electron chi connectivity index (χ1n) is 1.73. The molecule has 1 N–H and O–H groups in total. The Kier molecular flexibility index (Phi) is 2.05. The lowest BCUT2D eigenvalue weighted by Crippen LogP contribution is -1.94. The molecule has 1 unspecified atom stereocenters. The van der Waals surface area contributed by atoms with Gasteiger partial charge in [-0.15, -0.1) is 0 Å². The van der Waals surface area contributed by atoms with Crippen LogP contribution >= 0.6 is 0 Å². The molecule has 0 radical (unpaired) electrons. The largest absolute Gasteiger partial charge is 0.314 e. The second-order valence-corrected chi connectivity index (χ2v) is 3.23. The van der Waals surface area contributed by atoms with Crippen LogP contribution in [0, 0.1) is 0 Å². The van der Waals surface area contributed by atoms with Crippen LogP contribution in [0.25, 0.3) is 0 Å². The van der Waals surface area contributed by atoms with Gasteiger partial charge in [0.05, 0.1) is 9.80 Å². The first kappa shape index (κ1) is 6.72. The Balaban J connectivity index is 4.32. The van der Waals surface area contributed by atoms with Gasteiger partial charge in [-0.2, -0.15) is 0 Å². The van der Waals surface area contributed by atoms with Gasteiger partial charge < -0.3 is 4.55 Å². The lowest BCUT2D eigenvalue weighted by molar-refractivity contribution is 0.566. The van der Waals surface area contributed by atoms with Crippen molar-refractivity contribution in [3.63, 3.8) is 0 Å². The van der Waals surface area contributed by atoms with Crippen LogP contribution in [-0.4, -0.2) is 20.4 Å². The molecule has 7 heavy (non-hydrogen) atoms. The minimum Gasteiger partial charge on any atom is -0.314 e. The van der Waals surface area contributed by atoms with Gasteiger partial charge in [0.25, 0.3) is 0 Å². The number of hydrogen-bond donors (Lipinski definition) is 1. The molecule has 0 aromatic rings. The van der Waals surface area contributed by atoms with Crippen molar-refractivity contribution in [1.82, 2.24) is 0 Å². The summed E-state index contributed by atoms with van der Waals surface area (Å²) in [7, 11) is -2.67. The molecular formula is C4H8O2S. The molecule has 0 aliphatic rings. The molecule has 0 aromatic heterocycles. The van der Waals surface area contributed by atoms with Crippen molar-refractivity contribution in [1.29, 1.82) is 0 Å². The standard InChI is InChI=1S/C4H8O2S/c1-3-4-7(2,5)6/h3-4H,1H2,2H3,(H,5,6). The van der Waals surface area contributed by atoms with Gasteiger partial charge >= 0.3 is 0 Å². The van der Waals surface area contributed by atoms with Gasteiger partial charge in [-0.1, -0.05) is 12.7 Å². The van der Waals surface area contributed by atoms with Crippen molar-refractivity contribution in [3.05, 3.63) is 12.7 Å². The fraction of sp³-hybridized carbons (Fsp3) is 0.250. The Labute approximate surface area is 43.7 Å². The molecule has 42 valence electrons. The summed E-state index contributed by atoms with van der Waals surface area (Å²) in [5.41, 5.74) is 0. The van der Waals surface area contributed by atoms with Gasteiger partial charge in [-0.05, 0) is 0 Å². The highest BCUT2D eigenvalue weighted by Crippen LogP contribution is 1.70. The van der Waals surface area contributed by atoms with E-state index in [1.165, 1.54) is 12.3 Å². The summed E-state index contributed by atoms with van der Waals surface area (Å²) in [5, 5.41) is 1.16. The summed E-state index contributed by atoms with van der Waals surface area (Å²) in [6, 6.07) is 0. The Morgan fingerprint density at radius 2 is 2.29 bits per heavy atom. The topological polar surface area (TPSA) is 37.3 Å². The average Bonchev–Trinajstić information content (AvgIpc) is 1.30. The van der Waals surface area contributed by atoms with Gasteiger partial charge in [0, 0.05) is 11.6 Å². The van der Waals surface area contributed by atoms with Crippen LogP contribution in [0.3, 0.4) is 0 Å². The lowest BCUT2D eigenvalue weighted by atomic mass is 10.8. The van der Waals surface area contributed by atoms with Crippen molar-refractivity contribution in [2.24, 2.45) is 0 Å². The molecule has 0 saturated heterocycles. The molecule has 2 nitrogen and oxygen atoms in total. The van der Waals surface area contributed by atoms with Crippen molar-refractivity contribution < 1.29 is 8.76 Å². The molecule has 0 aromatic carbocycles. The zero-order valence-corrected chi connectivity index (χ0v) is 4.94. The maximum absolute atomic E-state index is 10.2. The molecule has 1 atom stereocenters. The first-order chi connectivity index (χ1) is 3.06. The summed E-state index contributed by atoms with van der Waals surface area (Å²) in [6.45, 7) is 3.25. The quantitative estimate of drug-likeness (QED) is 0.401. The molecule has 0 spiro atoms. The number of rotatable bonds is 1. The van der Waals surface area contributed by atoms with E-state index >= 15 is 0 Å². The van der Waals surface area contributed by atoms with Gasteiger partial charge in [0.1, 0.15) is 0 Å². The van der Waals surface area contributed by atoms with E-state index in [1.54, 1.807) is 0 Å². The molecule has 3 heteroatoms. The fourth-order valence-electron chi connectivity index (χ4n) is 0.179. The van der Waals surface area contributed by atoms with E-state index < -0.39 is 9.80 Å². The van der Waals surface area contributed by atoms with Gasteiger partial charge in [-0.3, -0.25) is 0 Å². The van der Waals surface area contributed by atoms with Gasteiger partial charge in [0.2, 0.25) is 0 Å². The number of allylic oxidation sites excluding steroid dienone is 1. The smallest absolute Gasteiger partial charge is 0.0785 e. The van der Waals surface area contributed by atoms with Gasteiger partial charge in [-0.25, -0.2) is 4.21 Å². The molecule has 0 rings (SSSR count). The molecule has 0 aliphatic heterocycles. The highest BCUT2D eigenvalue weighted by Gasteiger charge is 1.80. The molecule has 0 amide bonds. The molecule has 0 fully saturated rings. The van der Waals surface area contributed by atoms with E-state index in [1.807, 2.05) is 0 Å². The molecule has 0 heterocycles. The van der Waals surface area contributed by atoms with Crippen molar-refractivity contribution >= 4 is 15.2 Å². The second kappa shape index (κ2) is 2.14. The zero-order chi connectivity index (χ0) is 5.91. The summed E-state index contributed by atoms with van der Waals surface area (Å²) in [6.07, 6.45) is 2.54. The third-order valence-electron chi connectivity index (χ3n) is 0.349. The third-order valence-corrected chi connectivity index (χ3v) is 1.05. The van der Waals surface area contributed by atoms with E-state index in [0.717, 1.165) is 5.37 Å². The second-order valence-electron chi connectivity index (χ2n) is 1.23. The summed E-state index contributed by atoms with van der Waals surface area (Å²) in [4.78, 5) is 0. The molecule has 0 bridgehead atoms. The van der Waals surface area contributed by atoms with Crippen LogP contribution in [0.2, 0.25) is 0 Å². The van der Waals surface area contributed by atoms with Crippen LogP contribution in [0.4, 0.5) is 0 Å². The Hall–Kier alpha value is -0.280. The fourth-order valence-corrected chi connectivity index (χ4v) is 0.536. The van der Waals surface area contributed by atoms with Crippen LogP contribution in [0.5, 0.6) is 0 Å². The summed E-state index contributed by atoms with van der Waals surface area (Å²) < 4.78 is 18.6. The minimum atomic E-state index is -2.67. The number of hydrogen-bond acceptors (Lipinski definition) is 1. The Morgan fingerprint density at radius 1 is 1.86 bits per heavy atom. The normalized spacial score (nSPS) is 17.4. The van der Waals surface area contributed by atoms with E-state index in [2.05, 4.69) is 6.58 Å².